The van der Waals surface area contributed by atoms with Crippen molar-refractivity contribution in [1.82, 2.24) is 0 Å². The van der Waals surface area contributed by atoms with Gasteiger partial charge in [-0.25, -0.2) is 9.59 Å². The van der Waals surface area contributed by atoms with Gasteiger partial charge in [0.2, 0.25) is 0 Å². The Balaban J connectivity index is 0.000000415. The van der Waals surface area contributed by atoms with Crippen LogP contribution in [0.1, 0.15) is 55.3 Å². The molecule has 3 rings (SSSR count). The Kier molecular flexibility index (Phi) is 15.0. The topological polar surface area (TPSA) is 119 Å². The lowest BCUT2D eigenvalue weighted by atomic mass is 9.78. The maximum atomic E-state index is 12.2. The number of alkyl halides is 1. The van der Waals surface area contributed by atoms with E-state index < -0.39 is 30.3 Å². The molecule has 10 nitrogen and oxygen atoms in total. The van der Waals surface area contributed by atoms with Gasteiger partial charge in [0.25, 0.3) is 0 Å². The predicted octanol–water partition coefficient (Wildman–Crippen LogP) is 4.92. The molecule has 2 aromatic rings. The highest BCUT2D eigenvalue weighted by Crippen LogP contribution is 2.36. The first kappa shape index (κ1) is 35.7. The molecule has 1 aliphatic heterocycles. The largest absolute Gasteiger partial charge is 0.507 e. The Hall–Kier alpha value is -2.35. The average Bonchev–Trinajstić information content (AvgIpc) is 3.15. The molecule has 1 fully saturated rings. The molecule has 0 spiro atoms. The molecule has 2 aromatic carbocycles. The summed E-state index contributed by atoms with van der Waals surface area (Å²) in [4.78, 5) is 23.2. The van der Waals surface area contributed by atoms with Crippen LogP contribution >= 0.6 is 27.5 Å². The summed E-state index contributed by atoms with van der Waals surface area (Å²) in [5.74, 6) is -0.684. The van der Waals surface area contributed by atoms with Crippen molar-refractivity contribution in [3.63, 3.8) is 0 Å². The van der Waals surface area contributed by atoms with Crippen molar-refractivity contribution < 1.29 is 47.7 Å². The molecule has 0 bridgehead atoms. The number of carbonyl (C=O) groups is 2. The number of hydrogen-bond donors (Lipinski definition) is 1. The number of ether oxygens (including phenoxy) is 5. The molecule has 40 heavy (non-hydrogen) atoms. The summed E-state index contributed by atoms with van der Waals surface area (Å²) < 4.78 is 37.0. The first-order valence-electron chi connectivity index (χ1n) is 12.2. The number of esters is 2. The van der Waals surface area contributed by atoms with Gasteiger partial charge in [-0.1, -0.05) is 33.6 Å². The normalized spacial score (nSPS) is 14.7. The fraction of sp³-hybridized carbons (Fsp3) is 0.481. The zero-order chi connectivity index (χ0) is 30.5. The number of carbonyl (C=O) groups excluding carboxylic acids is 2. The number of aromatic hydroxyl groups is 1. The van der Waals surface area contributed by atoms with Crippen LogP contribution in [0.25, 0.3) is 0 Å². The molecule has 0 amide bonds. The van der Waals surface area contributed by atoms with Crippen molar-refractivity contribution in [2.45, 2.75) is 45.8 Å². The zero-order valence-corrected chi connectivity index (χ0v) is 26.4. The van der Waals surface area contributed by atoms with Gasteiger partial charge in [0, 0.05) is 18.7 Å². The second kappa shape index (κ2) is 16.8. The van der Waals surface area contributed by atoms with Gasteiger partial charge in [-0.3, -0.25) is 0 Å². The van der Waals surface area contributed by atoms with Gasteiger partial charge in [0.05, 0.1) is 24.9 Å². The predicted molar refractivity (Wildman–Crippen MR) is 155 cm³/mol. The van der Waals surface area contributed by atoms with Crippen LogP contribution in [0, 0.1) is 0 Å². The first-order chi connectivity index (χ1) is 18.8. The highest BCUT2D eigenvalue weighted by atomic mass is 79.9. The van der Waals surface area contributed by atoms with Crippen LogP contribution in [0.5, 0.6) is 11.5 Å². The minimum Gasteiger partial charge on any atom is -0.507 e. The number of benzene rings is 2. The summed E-state index contributed by atoms with van der Waals surface area (Å²) in [6.07, 6.45) is 0. The van der Waals surface area contributed by atoms with Gasteiger partial charge >= 0.3 is 19.1 Å². The van der Waals surface area contributed by atoms with Gasteiger partial charge in [-0.05, 0) is 70.4 Å². The van der Waals surface area contributed by atoms with Crippen LogP contribution in [0.3, 0.4) is 0 Å². The van der Waals surface area contributed by atoms with Crippen LogP contribution < -0.4 is 10.2 Å². The highest BCUT2D eigenvalue weighted by molar-refractivity contribution is 9.10. The SMILES string of the molecule is CCOC(=O)c1cc(B2OC(C)(C)C(C)(C)O2)ccc1OCOC.COC(=O)c1cc(Br)ccc1O.COCCl. The maximum absolute atomic E-state index is 12.2. The van der Waals surface area contributed by atoms with E-state index in [2.05, 4.69) is 25.4 Å². The van der Waals surface area contributed by atoms with Crippen LogP contribution in [0.4, 0.5) is 0 Å². The van der Waals surface area contributed by atoms with Gasteiger partial charge < -0.3 is 38.1 Å². The van der Waals surface area contributed by atoms with E-state index >= 15 is 0 Å². The molecule has 0 aliphatic carbocycles. The number of phenols is 1. The molecule has 0 atom stereocenters. The fourth-order valence-electron chi connectivity index (χ4n) is 3.07. The summed E-state index contributed by atoms with van der Waals surface area (Å²) in [6, 6.07) is 10.1. The van der Waals surface area contributed by atoms with Crippen LogP contribution in [-0.2, 0) is 28.3 Å². The Labute approximate surface area is 249 Å². The third kappa shape index (κ3) is 10.2. The molecular formula is C27H37BBrClO10. The van der Waals surface area contributed by atoms with Crippen molar-refractivity contribution in [2.75, 3.05) is 40.8 Å². The Bertz CT molecular complexity index is 1090. The molecule has 0 aromatic heterocycles. The van der Waals surface area contributed by atoms with E-state index in [-0.39, 0.29) is 24.7 Å². The summed E-state index contributed by atoms with van der Waals surface area (Å²) in [7, 11) is 3.78. The minimum atomic E-state index is -0.556. The van der Waals surface area contributed by atoms with Gasteiger partial charge in [0.15, 0.2) is 6.79 Å². The summed E-state index contributed by atoms with van der Waals surface area (Å²) in [6.45, 7) is 10.0. The number of hydrogen-bond acceptors (Lipinski definition) is 10. The number of phenolic OH excluding ortho intramolecular Hbond substituents is 1. The molecule has 1 saturated heterocycles. The molecule has 13 heteroatoms. The van der Waals surface area contributed by atoms with E-state index in [4.69, 9.17) is 35.1 Å². The fourth-order valence-corrected chi connectivity index (χ4v) is 3.43. The number of methoxy groups -OCH3 is 3. The summed E-state index contributed by atoms with van der Waals surface area (Å²) in [5, 5.41) is 9.21. The standard InChI is InChI=1S/C17H25BO6.C8H7BrO3.C2H5ClO/c1-7-21-15(19)13-10-12(8-9-14(13)22-11-20-6)18-23-16(2,3)17(4,5)24-18;1-12-8(11)6-4-5(9)2-3-7(6)10;1-4-2-3/h8-10H,7,11H2,1-6H3;2-4,10H,1H3;2H2,1H3. The monoisotopic (exact) mass is 646 g/mol. The number of rotatable bonds is 8. The molecule has 1 heterocycles. The molecule has 0 radical (unpaired) electrons. The van der Waals surface area contributed by atoms with E-state index in [1.165, 1.54) is 26.4 Å². The van der Waals surface area contributed by atoms with E-state index in [1.807, 2.05) is 33.8 Å². The van der Waals surface area contributed by atoms with E-state index in [0.717, 1.165) is 9.94 Å². The Morgan fingerprint density at radius 3 is 2.05 bits per heavy atom. The Morgan fingerprint density at radius 2 is 1.55 bits per heavy atom. The quantitative estimate of drug-likeness (QED) is 0.183. The second-order valence-corrected chi connectivity index (χ2v) is 10.3. The van der Waals surface area contributed by atoms with Gasteiger partial charge in [-0.2, -0.15) is 0 Å². The first-order valence-corrected chi connectivity index (χ1v) is 13.5. The molecule has 222 valence electrons. The van der Waals surface area contributed by atoms with Crippen molar-refractivity contribution in [1.29, 1.82) is 0 Å². The minimum absolute atomic E-state index is 0.0439. The summed E-state index contributed by atoms with van der Waals surface area (Å²) in [5.41, 5.74) is 0.314. The lowest BCUT2D eigenvalue weighted by Crippen LogP contribution is -2.41. The van der Waals surface area contributed by atoms with E-state index in [1.54, 1.807) is 32.2 Å². The van der Waals surface area contributed by atoms with Crippen LogP contribution in [0.15, 0.2) is 40.9 Å². The van der Waals surface area contributed by atoms with Crippen molar-refractivity contribution in [2.24, 2.45) is 0 Å². The van der Waals surface area contributed by atoms with Crippen LogP contribution in [-0.4, -0.2) is 76.2 Å². The third-order valence-corrected chi connectivity index (χ3v) is 6.54. The molecule has 1 aliphatic rings. The molecular weight excluding hydrogens is 610 g/mol. The van der Waals surface area contributed by atoms with Gasteiger partial charge in [0.1, 0.15) is 28.7 Å². The Morgan fingerprint density at radius 1 is 0.950 bits per heavy atom. The van der Waals surface area contributed by atoms with Crippen LogP contribution in [0.2, 0.25) is 0 Å². The average molecular weight is 648 g/mol. The van der Waals surface area contributed by atoms with Gasteiger partial charge in [-0.15, -0.1) is 0 Å². The van der Waals surface area contributed by atoms with Crippen molar-refractivity contribution in [3.05, 3.63) is 52.0 Å². The molecule has 1 N–H and O–H groups in total. The zero-order valence-electron chi connectivity index (χ0n) is 24.0. The van der Waals surface area contributed by atoms with E-state index in [0.29, 0.717) is 17.4 Å². The second-order valence-electron chi connectivity index (χ2n) is 9.17. The highest BCUT2D eigenvalue weighted by Gasteiger charge is 2.51. The molecule has 0 saturated carbocycles. The maximum Gasteiger partial charge on any atom is 0.494 e. The lowest BCUT2D eigenvalue weighted by Gasteiger charge is -2.32. The smallest absolute Gasteiger partial charge is 0.494 e. The van der Waals surface area contributed by atoms with Crippen molar-refractivity contribution >= 4 is 52.1 Å². The van der Waals surface area contributed by atoms with E-state index in [9.17, 15) is 14.7 Å². The molecule has 0 unspecified atom stereocenters. The number of halogens is 2. The third-order valence-electron chi connectivity index (χ3n) is 5.83. The van der Waals surface area contributed by atoms with Crippen molar-refractivity contribution in [3.8, 4) is 11.5 Å². The lowest BCUT2D eigenvalue weighted by molar-refractivity contribution is 0.00578. The summed E-state index contributed by atoms with van der Waals surface area (Å²) >= 11 is 8.14.